The predicted molar refractivity (Wildman–Crippen MR) is 94.8 cm³/mol. The lowest BCUT2D eigenvalue weighted by Crippen LogP contribution is -2.58. The minimum absolute atomic E-state index is 0.0495. The van der Waals surface area contributed by atoms with Gasteiger partial charge in [0.05, 0.1) is 6.42 Å². The molecule has 2 aliphatic rings. The van der Waals surface area contributed by atoms with Crippen LogP contribution in [-0.2, 0) is 16.0 Å². The number of fused-ring (bicyclic) bond motifs is 1. The molecule has 124 valence electrons. The highest BCUT2D eigenvalue weighted by molar-refractivity contribution is 6.12. The van der Waals surface area contributed by atoms with Gasteiger partial charge in [-0.2, -0.15) is 4.99 Å². The van der Waals surface area contributed by atoms with Gasteiger partial charge in [0.1, 0.15) is 11.4 Å². The Balaban J connectivity index is 1.95. The summed E-state index contributed by atoms with van der Waals surface area (Å²) in [5.41, 5.74) is 1.93. The van der Waals surface area contributed by atoms with Crippen LogP contribution in [0, 0.1) is 6.92 Å². The zero-order valence-electron chi connectivity index (χ0n) is 14.2. The molecule has 0 radical (unpaired) electrons. The van der Waals surface area contributed by atoms with E-state index in [0.717, 1.165) is 23.2 Å². The summed E-state index contributed by atoms with van der Waals surface area (Å²) < 4.78 is 0. The normalized spacial score (nSPS) is 22.2. The zero-order valence-corrected chi connectivity index (χ0v) is 14.2. The summed E-state index contributed by atoms with van der Waals surface area (Å²) in [6, 6.07) is 5.96. The quantitative estimate of drug-likeness (QED) is 0.930. The second kappa shape index (κ2) is 6.07. The molecule has 1 unspecified atom stereocenters. The number of aryl methyl sites for hydroxylation is 2. The van der Waals surface area contributed by atoms with Crippen molar-refractivity contribution < 1.29 is 9.59 Å². The average molecular weight is 323 g/mol. The fourth-order valence-electron chi connectivity index (χ4n) is 3.13. The van der Waals surface area contributed by atoms with Crippen LogP contribution in [0.25, 0.3) is 0 Å². The smallest absolute Gasteiger partial charge is 0.250 e. The van der Waals surface area contributed by atoms with Gasteiger partial charge in [0.25, 0.3) is 11.8 Å². The van der Waals surface area contributed by atoms with Crippen molar-refractivity contribution in [2.45, 2.75) is 39.2 Å². The van der Waals surface area contributed by atoms with Gasteiger partial charge in [-0.3, -0.25) is 9.59 Å². The molecule has 1 aromatic carbocycles. The molecule has 2 heterocycles. The summed E-state index contributed by atoms with van der Waals surface area (Å²) in [6.45, 7) is 5.81. The minimum atomic E-state index is -0.997. The maximum absolute atomic E-state index is 13.1. The van der Waals surface area contributed by atoms with E-state index in [4.69, 9.17) is 0 Å². The summed E-state index contributed by atoms with van der Waals surface area (Å²) in [5.74, 6) is 0.0263. The first-order chi connectivity index (χ1) is 11.5. The number of carbonyl (C=O) groups excluding carboxylic acids is 2. The summed E-state index contributed by atoms with van der Waals surface area (Å²) in [4.78, 5) is 30.9. The first-order valence-electron chi connectivity index (χ1n) is 8.11. The molecule has 2 aliphatic heterocycles. The second-order valence-electron chi connectivity index (χ2n) is 6.30. The van der Waals surface area contributed by atoms with Gasteiger partial charge in [-0.1, -0.05) is 31.2 Å². The molecule has 1 atom stereocenters. The van der Waals surface area contributed by atoms with Crippen molar-refractivity contribution in [2.24, 2.45) is 4.99 Å². The lowest BCUT2D eigenvalue weighted by Gasteiger charge is -2.41. The van der Waals surface area contributed by atoms with Crippen molar-refractivity contribution >= 4 is 23.3 Å². The third kappa shape index (κ3) is 2.66. The van der Waals surface area contributed by atoms with Crippen LogP contribution in [0.3, 0.4) is 0 Å². The average Bonchev–Trinajstić information content (AvgIpc) is 2.56. The van der Waals surface area contributed by atoms with Gasteiger partial charge in [0.15, 0.2) is 0 Å². The molecule has 5 nitrogen and oxygen atoms in total. The highest BCUT2D eigenvalue weighted by Crippen LogP contribution is 2.30. The van der Waals surface area contributed by atoms with E-state index in [2.05, 4.69) is 17.2 Å². The van der Waals surface area contributed by atoms with Gasteiger partial charge in [-0.05, 0) is 43.5 Å². The Labute approximate surface area is 141 Å². The number of nitrogens with one attached hydrogen (secondary N) is 1. The van der Waals surface area contributed by atoms with Gasteiger partial charge >= 0.3 is 0 Å². The van der Waals surface area contributed by atoms with E-state index in [1.165, 1.54) is 0 Å². The summed E-state index contributed by atoms with van der Waals surface area (Å²) >= 11 is 0. The topological polar surface area (TPSA) is 61.8 Å². The van der Waals surface area contributed by atoms with Crippen LogP contribution in [0.1, 0.15) is 31.4 Å². The molecule has 2 amide bonds. The molecule has 0 bridgehead atoms. The van der Waals surface area contributed by atoms with Crippen molar-refractivity contribution in [2.75, 3.05) is 5.32 Å². The van der Waals surface area contributed by atoms with Crippen LogP contribution < -0.4 is 5.32 Å². The molecule has 24 heavy (non-hydrogen) atoms. The predicted octanol–water partition coefficient (Wildman–Crippen LogP) is 2.97. The van der Waals surface area contributed by atoms with Gasteiger partial charge in [-0.15, -0.1) is 0 Å². The number of amidine groups is 1. The van der Waals surface area contributed by atoms with E-state index in [1.807, 2.05) is 37.3 Å². The Morgan fingerprint density at radius 2 is 2.17 bits per heavy atom. The van der Waals surface area contributed by atoms with Crippen LogP contribution in [0.15, 0.2) is 47.6 Å². The zero-order chi connectivity index (χ0) is 17.3. The van der Waals surface area contributed by atoms with Crippen LogP contribution in [0.4, 0.5) is 5.69 Å². The molecule has 0 saturated heterocycles. The monoisotopic (exact) mass is 323 g/mol. The molecule has 0 aromatic heterocycles. The lowest BCUT2D eigenvalue weighted by atomic mass is 9.90. The maximum Gasteiger partial charge on any atom is 0.250 e. The number of allylic oxidation sites excluding steroid dienone is 2. The number of rotatable bonds is 3. The van der Waals surface area contributed by atoms with E-state index in [9.17, 15) is 9.59 Å². The number of nitrogens with zero attached hydrogens (tertiary/aromatic N) is 2. The first-order valence-corrected chi connectivity index (χ1v) is 8.11. The van der Waals surface area contributed by atoms with Gasteiger partial charge in [0.2, 0.25) is 0 Å². The number of carbonyl (C=O) groups is 2. The third-order valence-corrected chi connectivity index (χ3v) is 4.57. The molecule has 0 saturated carbocycles. The van der Waals surface area contributed by atoms with Crippen molar-refractivity contribution in [1.82, 2.24) is 4.90 Å². The van der Waals surface area contributed by atoms with Crippen molar-refractivity contribution in [3.05, 3.63) is 53.8 Å². The highest BCUT2D eigenvalue weighted by Gasteiger charge is 2.45. The highest BCUT2D eigenvalue weighted by atomic mass is 16.2. The molecule has 1 aromatic rings. The number of hydrogen-bond donors (Lipinski definition) is 1. The number of benzene rings is 1. The van der Waals surface area contributed by atoms with E-state index >= 15 is 0 Å². The third-order valence-electron chi connectivity index (χ3n) is 4.57. The standard InChI is InChI=1S/C19H21N3O2/c1-4-14-9-7-8-13(2)17(14)21-18(24)19(3)12-16(23)20-15-10-5-6-11-22(15)19/h5-11H,4,12H2,1-3H3,(H,21,24). The van der Waals surface area contributed by atoms with E-state index in [0.29, 0.717) is 5.84 Å². The van der Waals surface area contributed by atoms with Crippen LogP contribution >= 0.6 is 0 Å². The minimum Gasteiger partial charge on any atom is -0.324 e. The fourth-order valence-corrected chi connectivity index (χ4v) is 3.13. The van der Waals surface area contributed by atoms with E-state index < -0.39 is 5.54 Å². The van der Waals surface area contributed by atoms with Crippen LogP contribution in [0.2, 0.25) is 0 Å². The Kier molecular flexibility index (Phi) is 4.09. The SMILES string of the molecule is CCc1cccc(C)c1NC(=O)C1(C)CC(=O)N=C2C=CC=CN21. The molecule has 3 rings (SSSR count). The molecule has 5 heteroatoms. The Bertz CT molecular complexity index is 792. The summed E-state index contributed by atoms with van der Waals surface area (Å²) in [6.07, 6.45) is 8.06. The lowest BCUT2D eigenvalue weighted by molar-refractivity contribution is -0.130. The van der Waals surface area contributed by atoms with Crippen molar-refractivity contribution in [3.63, 3.8) is 0 Å². The Morgan fingerprint density at radius 3 is 2.92 bits per heavy atom. The molecule has 0 fully saturated rings. The Morgan fingerprint density at radius 1 is 1.38 bits per heavy atom. The first kappa shape index (κ1) is 16.2. The van der Waals surface area contributed by atoms with Gasteiger partial charge in [-0.25, -0.2) is 0 Å². The fraction of sp³-hybridized carbons (Fsp3) is 0.316. The molecular formula is C19H21N3O2. The summed E-state index contributed by atoms with van der Waals surface area (Å²) in [7, 11) is 0. The molecule has 0 spiro atoms. The maximum atomic E-state index is 13.1. The molecular weight excluding hydrogens is 302 g/mol. The van der Waals surface area contributed by atoms with Gasteiger partial charge in [0, 0.05) is 11.9 Å². The Hall–Kier alpha value is -2.69. The van der Waals surface area contributed by atoms with Crippen molar-refractivity contribution in [3.8, 4) is 0 Å². The number of amides is 2. The van der Waals surface area contributed by atoms with Crippen LogP contribution in [0.5, 0.6) is 0 Å². The number of hydrogen-bond acceptors (Lipinski definition) is 3. The van der Waals surface area contributed by atoms with E-state index in [1.54, 1.807) is 24.1 Å². The second-order valence-corrected chi connectivity index (χ2v) is 6.30. The number of anilines is 1. The van der Waals surface area contributed by atoms with Gasteiger partial charge < -0.3 is 10.2 Å². The largest absolute Gasteiger partial charge is 0.324 e. The van der Waals surface area contributed by atoms with Crippen molar-refractivity contribution in [1.29, 1.82) is 0 Å². The number of aliphatic imine (C=N–C) groups is 1. The molecule has 0 aliphatic carbocycles. The number of para-hydroxylation sites is 1. The molecule has 1 N–H and O–H groups in total. The summed E-state index contributed by atoms with van der Waals surface area (Å²) in [5, 5.41) is 3.05. The van der Waals surface area contributed by atoms with Crippen LogP contribution in [-0.4, -0.2) is 28.1 Å². The van der Waals surface area contributed by atoms with E-state index in [-0.39, 0.29) is 18.2 Å².